The molecule has 2 nitrogen and oxygen atoms in total. The van der Waals surface area contributed by atoms with Crippen molar-refractivity contribution in [3.05, 3.63) is 16.1 Å². The van der Waals surface area contributed by atoms with Gasteiger partial charge in [0.15, 0.2) is 0 Å². The summed E-state index contributed by atoms with van der Waals surface area (Å²) in [7, 11) is 0. The summed E-state index contributed by atoms with van der Waals surface area (Å²) in [6, 6.07) is 0. The number of nitrogens with zero attached hydrogens (tertiary/aromatic N) is 2. The highest BCUT2D eigenvalue weighted by Crippen LogP contribution is 2.17. The van der Waals surface area contributed by atoms with Crippen LogP contribution in [0.25, 0.3) is 0 Å². The van der Waals surface area contributed by atoms with E-state index in [0.717, 1.165) is 6.54 Å². The Kier molecular flexibility index (Phi) is 2.42. The number of thiazole rings is 1. The van der Waals surface area contributed by atoms with Gasteiger partial charge in [0.1, 0.15) is 0 Å². The zero-order valence-corrected chi connectivity index (χ0v) is 8.23. The lowest BCUT2D eigenvalue weighted by atomic mass is 10.4. The maximum atomic E-state index is 4.25. The Morgan fingerprint density at radius 3 is 2.83 bits per heavy atom. The van der Waals surface area contributed by atoms with Crippen LogP contribution in [0.3, 0.4) is 0 Å². The molecule has 66 valence electrons. The van der Waals surface area contributed by atoms with E-state index < -0.39 is 0 Å². The second-order valence-corrected chi connectivity index (χ2v) is 4.28. The number of aromatic nitrogens is 1. The topological polar surface area (TPSA) is 16.1 Å². The Bertz CT molecular complexity index is 251. The first-order valence-electron chi connectivity index (χ1n) is 4.47. The van der Waals surface area contributed by atoms with E-state index >= 15 is 0 Å². The molecule has 0 radical (unpaired) electrons. The van der Waals surface area contributed by atoms with Gasteiger partial charge in [-0.25, -0.2) is 4.98 Å². The zero-order valence-electron chi connectivity index (χ0n) is 7.42. The number of hydrogen-bond acceptors (Lipinski definition) is 3. The maximum Gasteiger partial charge on any atom is 0.0798 e. The molecule has 1 aromatic rings. The molecule has 1 fully saturated rings. The monoisotopic (exact) mass is 182 g/mol. The smallest absolute Gasteiger partial charge is 0.0798 e. The Balaban J connectivity index is 1.98. The van der Waals surface area contributed by atoms with E-state index in [9.17, 15) is 0 Å². The summed E-state index contributed by atoms with van der Waals surface area (Å²) in [4.78, 5) is 8.21. The van der Waals surface area contributed by atoms with Gasteiger partial charge in [0.2, 0.25) is 0 Å². The quantitative estimate of drug-likeness (QED) is 0.696. The molecule has 0 bridgehead atoms. The largest absolute Gasteiger partial charge is 0.298 e. The van der Waals surface area contributed by atoms with Gasteiger partial charge in [-0.3, -0.25) is 4.90 Å². The van der Waals surface area contributed by atoms with Crippen molar-refractivity contribution in [1.29, 1.82) is 0 Å². The van der Waals surface area contributed by atoms with Crippen LogP contribution in [0.15, 0.2) is 5.51 Å². The molecule has 0 aromatic carbocycles. The SMILES string of the molecule is Cc1ncsc1CN1CCCC1. The lowest BCUT2D eigenvalue weighted by molar-refractivity contribution is 0.333. The van der Waals surface area contributed by atoms with Crippen molar-refractivity contribution in [3.8, 4) is 0 Å². The van der Waals surface area contributed by atoms with Crippen molar-refractivity contribution >= 4 is 11.3 Å². The molecule has 1 aliphatic heterocycles. The predicted molar refractivity (Wildman–Crippen MR) is 51.4 cm³/mol. The van der Waals surface area contributed by atoms with E-state index in [1.54, 1.807) is 11.3 Å². The van der Waals surface area contributed by atoms with Crippen molar-refractivity contribution in [3.63, 3.8) is 0 Å². The summed E-state index contributed by atoms with van der Waals surface area (Å²) < 4.78 is 0. The standard InChI is InChI=1S/C9H14N2S/c1-8-9(12-7-10-8)6-11-4-2-3-5-11/h7H,2-6H2,1H3. The molecular formula is C9H14N2S. The first-order valence-corrected chi connectivity index (χ1v) is 5.35. The summed E-state index contributed by atoms with van der Waals surface area (Å²) in [5, 5.41) is 0. The van der Waals surface area contributed by atoms with Gasteiger partial charge in [-0.2, -0.15) is 0 Å². The third kappa shape index (κ3) is 1.67. The van der Waals surface area contributed by atoms with Crippen LogP contribution >= 0.6 is 11.3 Å². The van der Waals surface area contributed by atoms with Gasteiger partial charge in [-0.1, -0.05) is 0 Å². The maximum absolute atomic E-state index is 4.25. The van der Waals surface area contributed by atoms with E-state index in [4.69, 9.17) is 0 Å². The molecule has 0 saturated carbocycles. The number of rotatable bonds is 2. The molecule has 0 N–H and O–H groups in total. The first kappa shape index (κ1) is 8.20. The predicted octanol–water partition coefficient (Wildman–Crippen LogP) is 2.05. The van der Waals surface area contributed by atoms with Crippen LogP contribution in [-0.4, -0.2) is 23.0 Å². The molecule has 0 amide bonds. The van der Waals surface area contributed by atoms with E-state index in [0.29, 0.717) is 0 Å². The summed E-state index contributed by atoms with van der Waals surface area (Å²) in [5.74, 6) is 0. The highest BCUT2D eigenvalue weighted by atomic mass is 32.1. The molecule has 1 aromatic heterocycles. The molecule has 12 heavy (non-hydrogen) atoms. The van der Waals surface area contributed by atoms with Crippen LogP contribution in [0.2, 0.25) is 0 Å². The Morgan fingerprint density at radius 2 is 2.25 bits per heavy atom. The molecule has 1 saturated heterocycles. The Morgan fingerprint density at radius 1 is 1.50 bits per heavy atom. The van der Waals surface area contributed by atoms with Crippen LogP contribution in [0.1, 0.15) is 23.4 Å². The molecule has 0 spiro atoms. The van der Waals surface area contributed by atoms with E-state index in [-0.39, 0.29) is 0 Å². The van der Waals surface area contributed by atoms with E-state index in [1.807, 2.05) is 5.51 Å². The fraction of sp³-hybridized carbons (Fsp3) is 0.667. The Hall–Kier alpha value is -0.410. The van der Waals surface area contributed by atoms with Gasteiger partial charge in [0.25, 0.3) is 0 Å². The van der Waals surface area contributed by atoms with Gasteiger partial charge in [0, 0.05) is 11.4 Å². The van der Waals surface area contributed by atoms with Gasteiger partial charge in [0.05, 0.1) is 11.2 Å². The van der Waals surface area contributed by atoms with Crippen molar-refractivity contribution in [2.24, 2.45) is 0 Å². The molecule has 3 heteroatoms. The van der Waals surface area contributed by atoms with Crippen LogP contribution < -0.4 is 0 Å². The molecule has 0 aliphatic carbocycles. The normalized spacial score (nSPS) is 18.8. The lowest BCUT2D eigenvalue weighted by Crippen LogP contribution is -2.18. The third-order valence-electron chi connectivity index (χ3n) is 2.41. The summed E-state index contributed by atoms with van der Waals surface area (Å²) in [6.07, 6.45) is 2.75. The van der Waals surface area contributed by atoms with Crippen molar-refractivity contribution in [2.45, 2.75) is 26.3 Å². The average Bonchev–Trinajstić information content (AvgIpc) is 2.65. The summed E-state index contributed by atoms with van der Waals surface area (Å²) in [6.45, 7) is 5.77. The third-order valence-corrected chi connectivity index (χ3v) is 3.33. The molecule has 0 atom stereocenters. The molecule has 2 heterocycles. The second-order valence-electron chi connectivity index (χ2n) is 3.34. The van der Waals surface area contributed by atoms with Crippen molar-refractivity contribution < 1.29 is 0 Å². The fourth-order valence-electron chi connectivity index (χ4n) is 1.62. The minimum atomic E-state index is 1.12. The summed E-state index contributed by atoms with van der Waals surface area (Å²) >= 11 is 1.78. The highest BCUT2D eigenvalue weighted by Gasteiger charge is 2.13. The van der Waals surface area contributed by atoms with Gasteiger partial charge in [-0.05, 0) is 32.9 Å². The minimum Gasteiger partial charge on any atom is -0.298 e. The second kappa shape index (κ2) is 3.54. The van der Waals surface area contributed by atoms with Crippen LogP contribution in [0.4, 0.5) is 0 Å². The number of hydrogen-bond donors (Lipinski definition) is 0. The van der Waals surface area contributed by atoms with Crippen LogP contribution in [0.5, 0.6) is 0 Å². The Labute approximate surface area is 77.2 Å². The zero-order chi connectivity index (χ0) is 8.39. The van der Waals surface area contributed by atoms with Crippen LogP contribution in [0, 0.1) is 6.92 Å². The highest BCUT2D eigenvalue weighted by molar-refractivity contribution is 7.09. The van der Waals surface area contributed by atoms with Crippen molar-refractivity contribution in [1.82, 2.24) is 9.88 Å². The molecule has 0 unspecified atom stereocenters. The van der Waals surface area contributed by atoms with Gasteiger partial charge < -0.3 is 0 Å². The number of likely N-dealkylation sites (tertiary alicyclic amines) is 1. The molecule has 2 rings (SSSR count). The lowest BCUT2D eigenvalue weighted by Gasteiger charge is -2.12. The average molecular weight is 182 g/mol. The van der Waals surface area contributed by atoms with Crippen molar-refractivity contribution in [2.75, 3.05) is 13.1 Å². The number of aryl methyl sites for hydroxylation is 1. The van der Waals surface area contributed by atoms with Crippen LogP contribution in [-0.2, 0) is 6.54 Å². The van der Waals surface area contributed by atoms with Gasteiger partial charge in [-0.15, -0.1) is 11.3 Å². The first-order chi connectivity index (χ1) is 5.86. The molecule has 1 aliphatic rings. The molecular weight excluding hydrogens is 168 g/mol. The van der Waals surface area contributed by atoms with E-state index in [2.05, 4.69) is 16.8 Å². The summed E-state index contributed by atoms with van der Waals surface area (Å²) in [5.41, 5.74) is 3.16. The van der Waals surface area contributed by atoms with E-state index in [1.165, 1.54) is 36.5 Å². The van der Waals surface area contributed by atoms with Gasteiger partial charge >= 0.3 is 0 Å². The fourth-order valence-corrected chi connectivity index (χ4v) is 2.44. The minimum absolute atomic E-state index is 1.12.